The van der Waals surface area contributed by atoms with Crippen LogP contribution in [-0.2, 0) is 4.79 Å². The van der Waals surface area contributed by atoms with Crippen molar-refractivity contribution in [1.29, 1.82) is 0 Å². The fraction of sp³-hybridized carbons (Fsp3) is 0.200. The van der Waals surface area contributed by atoms with Gasteiger partial charge >= 0.3 is 0 Å². The van der Waals surface area contributed by atoms with Gasteiger partial charge in [0, 0.05) is 5.56 Å². The Labute approximate surface area is 85.8 Å². The lowest BCUT2D eigenvalue weighted by Gasteiger charge is -2.11. The van der Waals surface area contributed by atoms with Gasteiger partial charge in [0.15, 0.2) is 17.7 Å². The summed E-state index contributed by atoms with van der Waals surface area (Å²) in [5, 5.41) is 0. The lowest BCUT2D eigenvalue weighted by atomic mass is 10.2. The summed E-state index contributed by atoms with van der Waals surface area (Å²) in [5.74, 6) is -1.49. The summed E-state index contributed by atoms with van der Waals surface area (Å²) in [6.45, 7) is 1.41. The molecule has 1 aromatic carbocycles. The maximum Gasteiger partial charge on any atom is 0.258 e. The number of hydrogen-bond donors (Lipinski definition) is 1. The summed E-state index contributed by atoms with van der Waals surface area (Å²) in [7, 11) is 0. The number of aldehydes is 1. The van der Waals surface area contributed by atoms with Crippen molar-refractivity contribution in [1.82, 2.24) is 0 Å². The van der Waals surface area contributed by atoms with E-state index in [4.69, 9.17) is 10.5 Å². The van der Waals surface area contributed by atoms with Crippen molar-refractivity contribution in [2.24, 2.45) is 5.73 Å². The number of carbonyl (C=O) groups excluding carboxylic acids is 2. The lowest BCUT2D eigenvalue weighted by Crippen LogP contribution is -2.30. The predicted octanol–water partition coefficient (Wildman–Crippen LogP) is 0.891. The maximum atomic E-state index is 13.2. The molecule has 0 aliphatic heterocycles. The largest absolute Gasteiger partial charge is 0.478 e. The summed E-state index contributed by atoms with van der Waals surface area (Å²) < 4.78 is 18.2. The van der Waals surface area contributed by atoms with Crippen LogP contribution in [-0.4, -0.2) is 18.3 Å². The van der Waals surface area contributed by atoms with Gasteiger partial charge in [-0.05, 0) is 25.1 Å². The Bertz CT molecular complexity index is 392. The van der Waals surface area contributed by atoms with Gasteiger partial charge in [-0.25, -0.2) is 4.39 Å². The second-order valence-corrected chi connectivity index (χ2v) is 2.97. The molecular weight excluding hydrogens is 201 g/mol. The van der Waals surface area contributed by atoms with E-state index in [1.54, 1.807) is 0 Å². The van der Waals surface area contributed by atoms with Crippen molar-refractivity contribution in [2.75, 3.05) is 0 Å². The molecule has 0 fully saturated rings. The molecule has 80 valence electrons. The van der Waals surface area contributed by atoms with Crippen molar-refractivity contribution in [3.63, 3.8) is 0 Å². The molecule has 0 spiro atoms. The van der Waals surface area contributed by atoms with Crippen molar-refractivity contribution in [2.45, 2.75) is 13.0 Å². The van der Waals surface area contributed by atoms with Crippen LogP contribution < -0.4 is 10.5 Å². The van der Waals surface area contributed by atoms with E-state index in [-0.39, 0.29) is 11.3 Å². The van der Waals surface area contributed by atoms with Crippen LogP contribution >= 0.6 is 0 Å². The monoisotopic (exact) mass is 211 g/mol. The minimum Gasteiger partial charge on any atom is -0.478 e. The minimum absolute atomic E-state index is 0.105. The number of primary amides is 1. The molecule has 15 heavy (non-hydrogen) atoms. The molecule has 5 heteroatoms. The number of amides is 1. The highest BCUT2D eigenvalue weighted by molar-refractivity contribution is 5.79. The molecular formula is C10H10FNO3. The molecule has 0 aromatic heterocycles. The van der Waals surface area contributed by atoms with Gasteiger partial charge < -0.3 is 10.5 Å². The van der Waals surface area contributed by atoms with Crippen molar-refractivity contribution in [3.8, 4) is 5.75 Å². The third-order valence-electron chi connectivity index (χ3n) is 1.80. The van der Waals surface area contributed by atoms with Crippen LogP contribution in [0.15, 0.2) is 18.2 Å². The van der Waals surface area contributed by atoms with E-state index in [0.717, 1.165) is 6.07 Å². The van der Waals surface area contributed by atoms with Gasteiger partial charge in [0.2, 0.25) is 0 Å². The zero-order valence-corrected chi connectivity index (χ0v) is 8.07. The SMILES string of the molecule is CC(Oc1ccc(C=O)cc1F)C(N)=O. The number of carbonyl (C=O) groups is 2. The highest BCUT2D eigenvalue weighted by Gasteiger charge is 2.13. The quantitative estimate of drug-likeness (QED) is 0.752. The lowest BCUT2D eigenvalue weighted by molar-refractivity contribution is -0.124. The van der Waals surface area contributed by atoms with Gasteiger partial charge in [0.25, 0.3) is 5.91 Å². The molecule has 0 heterocycles. The van der Waals surface area contributed by atoms with E-state index in [1.807, 2.05) is 0 Å². The molecule has 4 nitrogen and oxygen atoms in total. The van der Waals surface area contributed by atoms with Crippen molar-refractivity contribution >= 4 is 12.2 Å². The fourth-order valence-corrected chi connectivity index (χ4v) is 0.934. The Morgan fingerprint density at radius 3 is 2.73 bits per heavy atom. The van der Waals surface area contributed by atoms with Crippen LogP contribution in [0.3, 0.4) is 0 Å². The second-order valence-electron chi connectivity index (χ2n) is 2.97. The first-order valence-electron chi connectivity index (χ1n) is 4.25. The summed E-state index contributed by atoms with van der Waals surface area (Å²) in [6, 6.07) is 3.69. The topological polar surface area (TPSA) is 69.4 Å². The van der Waals surface area contributed by atoms with Gasteiger partial charge in [-0.15, -0.1) is 0 Å². The van der Waals surface area contributed by atoms with Crippen LogP contribution in [0.5, 0.6) is 5.75 Å². The summed E-state index contributed by atoms with van der Waals surface area (Å²) in [6.07, 6.45) is -0.397. The van der Waals surface area contributed by atoms with Crippen LogP contribution in [0, 0.1) is 5.82 Å². The molecule has 1 amide bonds. The van der Waals surface area contributed by atoms with E-state index >= 15 is 0 Å². The molecule has 2 N–H and O–H groups in total. The Morgan fingerprint density at radius 2 is 2.27 bits per heavy atom. The van der Waals surface area contributed by atoms with Crippen LogP contribution in [0.2, 0.25) is 0 Å². The van der Waals surface area contributed by atoms with Crippen molar-refractivity contribution in [3.05, 3.63) is 29.6 Å². The summed E-state index contributed by atoms with van der Waals surface area (Å²) in [5.41, 5.74) is 5.15. The van der Waals surface area contributed by atoms with Gasteiger partial charge in [-0.1, -0.05) is 0 Å². The normalized spacial score (nSPS) is 11.9. The molecule has 1 rings (SSSR count). The first-order chi connectivity index (χ1) is 7.04. The number of rotatable bonds is 4. The van der Waals surface area contributed by atoms with Crippen LogP contribution in [0.4, 0.5) is 4.39 Å². The maximum absolute atomic E-state index is 13.2. The molecule has 0 aliphatic rings. The fourth-order valence-electron chi connectivity index (χ4n) is 0.934. The Kier molecular flexibility index (Phi) is 3.38. The van der Waals surface area contributed by atoms with Gasteiger partial charge in [0.1, 0.15) is 6.29 Å². The number of halogens is 1. The third kappa shape index (κ3) is 2.77. The predicted molar refractivity (Wildman–Crippen MR) is 51.1 cm³/mol. The number of benzene rings is 1. The van der Waals surface area contributed by atoms with E-state index < -0.39 is 17.8 Å². The zero-order valence-electron chi connectivity index (χ0n) is 8.07. The molecule has 0 radical (unpaired) electrons. The second kappa shape index (κ2) is 4.54. The zero-order chi connectivity index (χ0) is 11.4. The standard InChI is InChI=1S/C10H10FNO3/c1-6(10(12)14)15-9-3-2-7(5-13)4-8(9)11/h2-6H,1H3,(H2,12,14). The van der Waals surface area contributed by atoms with Crippen molar-refractivity contribution < 1.29 is 18.7 Å². The number of nitrogens with two attached hydrogens (primary N) is 1. The Morgan fingerprint density at radius 1 is 1.60 bits per heavy atom. The molecule has 1 aromatic rings. The highest BCUT2D eigenvalue weighted by atomic mass is 19.1. The third-order valence-corrected chi connectivity index (χ3v) is 1.80. The van der Waals surface area contributed by atoms with E-state index in [1.165, 1.54) is 19.1 Å². The average Bonchev–Trinajstić information content (AvgIpc) is 2.20. The minimum atomic E-state index is -0.915. The molecule has 1 unspecified atom stereocenters. The van der Waals surface area contributed by atoms with Gasteiger partial charge in [-0.2, -0.15) is 0 Å². The molecule has 0 saturated heterocycles. The Balaban J connectivity index is 2.87. The van der Waals surface area contributed by atoms with E-state index in [9.17, 15) is 14.0 Å². The summed E-state index contributed by atoms with van der Waals surface area (Å²) >= 11 is 0. The van der Waals surface area contributed by atoms with Crippen LogP contribution in [0.25, 0.3) is 0 Å². The average molecular weight is 211 g/mol. The molecule has 0 bridgehead atoms. The first kappa shape index (κ1) is 11.2. The number of hydrogen-bond acceptors (Lipinski definition) is 3. The van der Waals surface area contributed by atoms with Gasteiger partial charge in [-0.3, -0.25) is 9.59 Å². The first-order valence-corrected chi connectivity index (χ1v) is 4.25. The van der Waals surface area contributed by atoms with E-state index in [2.05, 4.69) is 0 Å². The highest BCUT2D eigenvalue weighted by Crippen LogP contribution is 2.18. The molecule has 0 saturated carbocycles. The molecule has 1 atom stereocenters. The van der Waals surface area contributed by atoms with Crippen LogP contribution in [0.1, 0.15) is 17.3 Å². The van der Waals surface area contributed by atoms with E-state index in [0.29, 0.717) is 6.29 Å². The van der Waals surface area contributed by atoms with Gasteiger partial charge in [0.05, 0.1) is 0 Å². The smallest absolute Gasteiger partial charge is 0.258 e. The molecule has 0 aliphatic carbocycles. The summed E-state index contributed by atoms with van der Waals surface area (Å²) in [4.78, 5) is 21.0. The Hall–Kier alpha value is -1.91. The number of ether oxygens (including phenoxy) is 1.